The van der Waals surface area contributed by atoms with E-state index >= 15 is 0 Å². The van der Waals surface area contributed by atoms with Gasteiger partial charge in [-0.3, -0.25) is 0 Å². The lowest BCUT2D eigenvalue weighted by Gasteiger charge is -2.32. The Morgan fingerprint density at radius 2 is 1.89 bits per heavy atom. The molecule has 1 saturated heterocycles. The average Bonchev–Trinajstić information content (AvgIpc) is 2.72. The monoisotopic (exact) mass is 397 g/mol. The summed E-state index contributed by atoms with van der Waals surface area (Å²) in [6, 6.07) is 15.0. The molecule has 4 rings (SSSR count). The molecule has 0 aliphatic carbocycles. The molecule has 7 heteroatoms. The molecule has 0 spiro atoms. The maximum atomic E-state index is 13.3. The van der Waals surface area contributed by atoms with Crippen LogP contribution in [0, 0.1) is 11.7 Å². The Balaban J connectivity index is 1.37. The first-order chi connectivity index (χ1) is 13.7. The molecule has 1 aliphatic rings. The molecule has 2 heterocycles. The van der Waals surface area contributed by atoms with Gasteiger partial charge in [-0.15, -0.1) is 5.10 Å². The lowest BCUT2D eigenvalue weighted by atomic mass is 9.90. The fourth-order valence-electron chi connectivity index (χ4n) is 3.52. The second-order valence-electron chi connectivity index (χ2n) is 7.01. The van der Waals surface area contributed by atoms with E-state index in [9.17, 15) is 4.39 Å². The summed E-state index contributed by atoms with van der Waals surface area (Å²) in [5.74, 6) is 1.39. The van der Waals surface area contributed by atoms with Crippen molar-refractivity contribution in [1.29, 1.82) is 0 Å². The van der Waals surface area contributed by atoms with E-state index in [1.165, 1.54) is 17.7 Å². The molecule has 1 N–H and O–H groups in total. The van der Waals surface area contributed by atoms with Crippen molar-refractivity contribution in [2.24, 2.45) is 5.92 Å². The van der Waals surface area contributed by atoms with E-state index in [2.05, 4.69) is 55.7 Å². The van der Waals surface area contributed by atoms with Crippen molar-refractivity contribution in [3.63, 3.8) is 0 Å². The molecule has 0 unspecified atom stereocenters. The Morgan fingerprint density at radius 1 is 1.11 bits per heavy atom. The van der Waals surface area contributed by atoms with Crippen molar-refractivity contribution < 1.29 is 4.39 Å². The molecular weight excluding hydrogens is 377 g/mol. The lowest BCUT2D eigenvalue weighted by molar-refractivity contribution is 0.402. The number of aromatic nitrogens is 3. The molecule has 144 valence electrons. The number of anilines is 3. The molecule has 3 aromatic rings. The van der Waals surface area contributed by atoms with Crippen LogP contribution in [-0.4, -0.2) is 28.3 Å². The van der Waals surface area contributed by atoms with Crippen LogP contribution in [0.25, 0.3) is 0 Å². The Bertz CT molecular complexity index is 929. The summed E-state index contributed by atoms with van der Waals surface area (Å²) < 4.78 is 13.3. The van der Waals surface area contributed by atoms with Gasteiger partial charge in [0.15, 0.2) is 5.82 Å². The summed E-state index contributed by atoms with van der Waals surface area (Å²) >= 11 is 5.83. The summed E-state index contributed by atoms with van der Waals surface area (Å²) in [5, 5.41) is 11.2. The molecule has 28 heavy (non-hydrogen) atoms. The summed E-state index contributed by atoms with van der Waals surface area (Å²) in [5.41, 5.74) is 2.01. The minimum absolute atomic E-state index is 0.0506. The second-order valence-corrected chi connectivity index (χ2v) is 7.42. The third kappa shape index (κ3) is 4.57. The Labute approximate surface area is 168 Å². The quantitative estimate of drug-likeness (QED) is 0.665. The van der Waals surface area contributed by atoms with E-state index in [0.29, 0.717) is 17.6 Å². The molecule has 0 radical (unpaired) electrons. The second kappa shape index (κ2) is 8.52. The van der Waals surface area contributed by atoms with Gasteiger partial charge >= 0.3 is 0 Å². The van der Waals surface area contributed by atoms with Crippen LogP contribution in [0.15, 0.2) is 54.7 Å². The number of halogens is 2. The van der Waals surface area contributed by atoms with Gasteiger partial charge in [-0.1, -0.05) is 41.9 Å². The van der Waals surface area contributed by atoms with Gasteiger partial charge in [0, 0.05) is 18.8 Å². The third-order valence-corrected chi connectivity index (χ3v) is 5.32. The smallest absolute Gasteiger partial charge is 0.249 e. The van der Waals surface area contributed by atoms with E-state index in [4.69, 9.17) is 11.6 Å². The van der Waals surface area contributed by atoms with Crippen LogP contribution in [-0.2, 0) is 6.42 Å². The van der Waals surface area contributed by atoms with Crippen molar-refractivity contribution >= 4 is 29.1 Å². The fraction of sp³-hybridized carbons (Fsp3) is 0.286. The largest absolute Gasteiger partial charge is 0.355 e. The number of hydrogen-bond donors (Lipinski definition) is 1. The van der Waals surface area contributed by atoms with E-state index in [1.807, 2.05) is 0 Å². The average molecular weight is 398 g/mol. The third-order valence-electron chi connectivity index (χ3n) is 5.03. The zero-order valence-corrected chi connectivity index (χ0v) is 16.1. The number of piperidine rings is 1. The lowest BCUT2D eigenvalue weighted by Crippen LogP contribution is -2.35. The van der Waals surface area contributed by atoms with Crippen LogP contribution >= 0.6 is 11.6 Å². The van der Waals surface area contributed by atoms with Crippen LogP contribution in [0.5, 0.6) is 0 Å². The molecule has 0 amide bonds. The number of nitrogens with one attached hydrogen (secondary N) is 1. The highest BCUT2D eigenvalue weighted by Crippen LogP contribution is 2.26. The van der Waals surface area contributed by atoms with Gasteiger partial charge in [-0.05, 0) is 48.9 Å². The van der Waals surface area contributed by atoms with Crippen LogP contribution in [0.3, 0.4) is 0 Å². The molecule has 0 saturated carbocycles. The molecular formula is C21H21ClFN5. The normalized spacial score (nSPS) is 14.9. The standard InChI is InChI=1S/C21H21ClFN5/c22-18-13-17(6-7-19(18)23)25-21-26-20(14-24-27-21)28-10-8-16(9-11-28)12-15-4-2-1-3-5-15/h1-7,13-14,16H,8-12H2,(H,25,26,27). The van der Waals surface area contributed by atoms with E-state index in [-0.39, 0.29) is 5.02 Å². The molecule has 5 nitrogen and oxygen atoms in total. The maximum absolute atomic E-state index is 13.3. The molecule has 0 bridgehead atoms. The molecule has 1 aromatic heterocycles. The highest BCUT2D eigenvalue weighted by atomic mass is 35.5. The zero-order valence-electron chi connectivity index (χ0n) is 15.4. The van der Waals surface area contributed by atoms with E-state index in [1.54, 1.807) is 12.3 Å². The minimum atomic E-state index is -0.460. The van der Waals surface area contributed by atoms with Crippen molar-refractivity contribution in [3.05, 3.63) is 71.1 Å². The molecule has 2 aromatic carbocycles. The first kappa shape index (κ1) is 18.6. The van der Waals surface area contributed by atoms with Crippen molar-refractivity contribution in [1.82, 2.24) is 15.2 Å². The van der Waals surface area contributed by atoms with Gasteiger partial charge in [0.1, 0.15) is 5.82 Å². The minimum Gasteiger partial charge on any atom is -0.355 e. The fourth-order valence-corrected chi connectivity index (χ4v) is 3.70. The first-order valence-corrected chi connectivity index (χ1v) is 9.76. The zero-order chi connectivity index (χ0) is 19.3. The van der Waals surface area contributed by atoms with Gasteiger partial charge in [0.05, 0.1) is 11.2 Å². The van der Waals surface area contributed by atoms with Crippen LogP contribution < -0.4 is 10.2 Å². The molecule has 1 fully saturated rings. The van der Waals surface area contributed by atoms with Gasteiger partial charge in [-0.2, -0.15) is 10.1 Å². The Hall–Kier alpha value is -2.73. The number of nitrogens with zero attached hydrogens (tertiary/aromatic N) is 4. The number of rotatable bonds is 5. The van der Waals surface area contributed by atoms with Crippen molar-refractivity contribution in [2.75, 3.05) is 23.3 Å². The molecule has 1 aliphatic heterocycles. The van der Waals surface area contributed by atoms with E-state index in [0.717, 1.165) is 38.2 Å². The van der Waals surface area contributed by atoms with Crippen LogP contribution in [0.1, 0.15) is 18.4 Å². The summed E-state index contributed by atoms with van der Waals surface area (Å²) in [6.07, 6.45) is 5.04. The highest BCUT2D eigenvalue weighted by molar-refractivity contribution is 6.31. The van der Waals surface area contributed by atoms with Gasteiger partial charge in [0.2, 0.25) is 5.95 Å². The van der Waals surface area contributed by atoms with Crippen LogP contribution in [0.2, 0.25) is 5.02 Å². The first-order valence-electron chi connectivity index (χ1n) is 9.38. The van der Waals surface area contributed by atoms with Gasteiger partial charge in [-0.25, -0.2) is 4.39 Å². The predicted octanol–water partition coefficient (Wildman–Crippen LogP) is 4.87. The Kier molecular flexibility index (Phi) is 5.67. The molecule has 0 atom stereocenters. The Morgan fingerprint density at radius 3 is 2.64 bits per heavy atom. The SMILES string of the molecule is Fc1ccc(Nc2nncc(N3CCC(Cc4ccccc4)CC3)n2)cc1Cl. The van der Waals surface area contributed by atoms with Crippen LogP contribution in [0.4, 0.5) is 21.8 Å². The highest BCUT2D eigenvalue weighted by Gasteiger charge is 2.21. The van der Waals surface area contributed by atoms with Crippen molar-refractivity contribution in [3.8, 4) is 0 Å². The van der Waals surface area contributed by atoms with Crippen molar-refractivity contribution in [2.45, 2.75) is 19.3 Å². The summed E-state index contributed by atoms with van der Waals surface area (Å²) in [6.45, 7) is 1.88. The van der Waals surface area contributed by atoms with E-state index < -0.39 is 5.82 Å². The topological polar surface area (TPSA) is 53.9 Å². The number of hydrogen-bond acceptors (Lipinski definition) is 5. The van der Waals surface area contributed by atoms with Gasteiger partial charge in [0.25, 0.3) is 0 Å². The van der Waals surface area contributed by atoms with Gasteiger partial charge < -0.3 is 10.2 Å². The predicted molar refractivity (Wildman–Crippen MR) is 110 cm³/mol. The summed E-state index contributed by atoms with van der Waals surface area (Å²) in [7, 11) is 0. The number of benzene rings is 2. The summed E-state index contributed by atoms with van der Waals surface area (Å²) in [4.78, 5) is 6.79. The maximum Gasteiger partial charge on any atom is 0.249 e.